The first-order chi connectivity index (χ1) is 6.17. The Balaban J connectivity index is 2.89. The van der Waals surface area contributed by atoms with Gasteiger partial charge in [0.05, 0.1) is 11.1 Å². The van der Waals surface area contributed by atoms with Gasteiger partial charge in [0, 0.05) is 0 Å². The number of aliphatic hydroxyl groups is 1. The minimum absolute atomic E-state index is 0.0758. The van der Waals surface area contributed by atoms with Crippen LogP contribution in [0.4, 0.5) is 0 Å². The van der Waals surface area contributed by atoms with Crippen molar-refractivity contribution in [2.45, 2.75) is 13.3 Å². The predicted octanol–water partition coefficient (Wildman–Crippen LogP) is 3.59. The molecular weight excluding hydrogens is 300 g/mol. The van der Waals surface area contributed by atoms with Crippen LogP contribution >= 0.6 is 31.9 Å². The van der Waals surface area contributed by atoms with Crippen molar-refractivity contribution in [3.05, 3.63) is 26.5 Å². The molecule has 1 aromatic rings. The zero-order valence-corrected chi connectivity index (χ0v) is 10.4. The Labute approximate surface area is 93.9 Å². The van der Waals surface area contributed by atoms with E-state index in [1.165, 1.54) is 0 Å². The summed E-state index contributed by atoms with van der Waals surface area (Å²) < 4.78 is 6.89. The van der Waals surface area contributed by atoms with Crippen LogP contribution in [0.25, 0.3) is 6.08 Å². The Morgan fingerprint density at radius 2 is 2.31 bits per heavy atom. The summed E-state index contributed by atoms with van der Waals surface area (Å²) in [6, 6.07) is 1.86. The van der Waals surface area contributed by atoms with E-state index in [1.807, 2.05) is 19.1 Å². The van der Waals surface area contributed by atoms with E-state index in [1.54, 1.807) is 0 Å². The van der Waals surface area contributed by atoms with Crippen LogP contribution in [0.5, 0.6) is 0 Å². The van der Waals surface area contributed by atoms with E-state index in [0.717, 1.165) is 22.2 Å². The lowest BCUT2D eigenvalue weighted by molar-refractivity contribution is 0.328. The molecule has 0 amide bonds. The number of aliphatic hydroxyl groups excluding tert-OH is 1. The second kappa shape index (κ2) is 4.98. The normalized spacial score (nSPS) is 12.2. The monoisotopic (exact) mass is 308 g/mol. The van der Waals surface area contributed by atoms with Gasteiger partial charge < -0.3 is 9.52 Å². The van der Waals surface area contributed by atoms with E-state index in [0.29, 0.717) is 4.67 Å². The molecule has 0 bridgehead atoms. The lowest BCUT2D eigenvalue weighted by Gasteiger charge is -1.95. The SMILES string of the molecule is CCC(=Cc1cc(Br)c(Br)o1)CO. The van der Waals surface area contributed by atoms with Crippen molar-refractivity contribution in [1.82, 2.24) is 0 Å². The van der Waals surface area contributed by atoms with E-state index < -0.39 is 0 Å². The number of furan rings is 1. The maximum atomic E-state index is 8.93. The first kappa shape index (κ1) is 11.0. The third-order valence-corrected chi connectivity index (χ3v) is 3.38. The summed E-state index contributed by atoms with van der Waals surface area (Å²) in [4.78, 5) is 0. The topological polar surface area (TPSA) is 33.4 Å². The average Bonchev–Trinajstić information content (AvgIpc) is 2.42. The van der Waals surface area contributed by atoms with Crippen molar-refractivity contribution < 1.29 is 9.52 Å². The quantitative estimate of drug-likeness (QED) is 0.925. The highest BCUT2D eigenvalue weighted by molar-refractivity contribution is 9.13. The van der Waals surface area contributed by atoms with Crippen LogP contribution in [0, 0.1) is 0 Å². The van der Waals surface area contributed by atoms with Gasteiger partial charge in [-0.3, -0.25) is 0 Å². The fourth-order valence-corrected chi connectivity index (χ4v) is 1.50. The summed E-state index contributed by atoms with van der Waals surface area (Å²) in [5.41, 5.74) is 0.953. The number of halogens is 2. The second-order valence-electron chi connectivity index (χ2n) is 2.58. The van der Waals surface area contributed by atoms with Crippen LogP contribution in [-0.2, 0) is 0 Å². The van der Waals surface area contributed by atoms with Gasteiger partial charge in [0.25, 0.3) is 0 Å². The third-order valence-electron chi connectivity index (χ3n) is 1.67. The summed E-state index contributed by atoms with van der Waals surface area (Å²) in [6.07, 6.45) is 2.67. The van der Waals surface area contributed by atoms with Gasteiger partial charge in [-0.1, -0.05) is 6.92 Å². The molecule has 1 aromatic heterocycles. The molecule has 0 saturated carbocycles. The van der Waals surface area contributed by atoms with E-state index in [9.17, 15) is 0 Å². The summed E-state index contributed by atoms with van der Waals surface area (Å²) >= 11 is 6.56. The number of hydrogen-bond acceptors (Lipinski definition) is 2. The zero-order valence-electron chi connectivity index (χ0n) is 7.18. The van der Waals surface area contributed by atoms with E-state index in [-0.39, 0.29) is 6.61 Å². The molecule has 72 valence electrons. The standard InChI is InChI=1S/C9H10Br2O2/c1-2-6(5-12)3-7-4-8(10)9(11)13-7/h3-4,12H,2,5H2,1H3. The molecule has 0 aromatic carbocycles. The van der Waals surface area contributed by atoms with Gasteiger partial charge in [-0.2, -0.15) is 0 Å². The molecule has 13 heavy (non-hydrogen) atoms. The van der Waals surface area contributed by atoms with Crippen LogP contribution in [0.2, 0.25) is 0 Å². The molecule has 0 saturated heterocycles. The molecule has 0 aliphatic rings. The minimum atomic E-state index is 0.0758. The molecule has 0 atom stereocenters. The first-order valence-electron chi connectivity index (χ1n) is 3.92. The Bertz CT molecular complexity index is 290. The highest BCUT2D eigenvalue weighted by atomic mass is 79.9. The lowest BCUT2D eigenvalue weighted by Crippen LogP contribution is -1.86. The van der Waals surface area contributed by atoms with Gasteiger partial charge in [-0.15, -0.1) is 0 Å². The van der Waals surface area contributed by atoms with Gasteiger partial charge in [0.2, 0.25) is 0 Å². The third kappa shape index (κ3) is 2.97. The maximum absolute atomic E-state index is 8.93. The Hall–Kier alpha value is -0.0600. The molecule has 0 fully saturated rings. The zero-order chi connectivity index (χ0) is 9.84. The summed E-state index contributed by atoms with van der Waals surface area (Å²) in [5, 5.41) is 8.93. The molecule has 1 rings (SSSR count). The van der Waals surface area contributed by atoms with Crippen molar-refractivity contribution in [3.8, 4) is 0 Å². The molecule has 2 nitrogen and oxygen atoms in total. The lowest BCUT2D eigenvalue weighted by atomic mass is 10.2. The van der Waals surface area contributed by atoms with Gasteiger partial charge in [-0.25, -0.2) is 0 Å². The van der Waals surface area contributed by atoms with Crippen LogP contribution in [0.3, 0.4) is 0 Å². The smallest absolute Gasteiger partial charge is 0.184 e. The molecule has 1 N–H and O–H groups in total. The predicted molar refractivity (Wildman–Crippen MR) is 59.5 cm³/mol. The van der Waals surface area contributed by atoms with Crippen molar-refractivity contribution >= 4 is 37.9 Å². The summed E-state index contributed by atoms with van der Waals surface area (Å²) in [7, 11) is 0. The van der Waals surface area contributed by atoms with Crippen molar-refractivity contribution in [3.63, 3.8) is 0 Å². The average molecular weight is 310 g/mol. The van der Waals surface area contributed by atoms with Gasteiger partial charge in [0.1, 0.15) is 5.76 Å². The highest BCUT2D eigenvalue weighted by Crippen LogP contribution is 2.28. The fraction of sp³-hybridized carbons (Fsp3) is 0.333. The Kier molecular flexibility index (Phi) is 4.22. The minimum Gasteiger partial charge on any atom is -0.449 e. The van der Waals surface area contributed by atoms with Crippen molar-refractivity contribution in [2.75, 3.05) is 6.61 Å². The largest absolute Gasteiger partial charge is 0.449 e. The van der Waals surface area contributed by atoms with E-state index >= 15 is 0 Å². The summed E-state index contributed by atoms with van der Waals surface area (Å²) in [5.74, 6) is 0.740. The molecule has 0 radical (unpaired) electrons. The maximum Gasteiger partial charge on any atom is 0.184 e. The molecule has 0 unspecified atom stereocenters. The number of rotatable bonds is 3. The molecule has 1 heterocycles. The van der Waals surface area contributed by atoms with Crippen LogP contribution in [-0.4, -0.2) is 11.7 Å². The molecule has 0 aliphatic heterocycles. The summed E-state index contributed by atoms with van der Waals surface area (Å²) in [6.45, 7) is 2.07. The second-order valence-corrected chi connectivity index (χ2v) is 4.16. The van der Waals surface area contributed by atoms with E-state index in [4.69, 9.17) is 9.52 Å². The molecule has 0 aliphatic carbocycles. The Morgan fingerprint density at radius 3 is 2.69 bits per heavy atom. The van der Waals surface area contributed by atoms with E-state index in [2.05, 4.69) is 31.9 Å². The van der Waals surface area contributed by atoms with Gasteiger partial charge >= 0.3 is 0 Å². The van der Waals surface area contributed by atoms with Gasteiger partial charge in [0.15, 0.2) is 4.67 Å². The van der Waals surface area contributed by atoms with Crippen molar-refractivity contribution in [2.24, 2.45) is 0 Å². The number of hydrogen-bond donors (Lipinski definition) is 1. The molecule has 4 heteroatoms. The van der Waals surface area contributed by atoms with Crippen LogP contribution in [0.1, 0.15) is 19.1 Å². The fourth-order valence-electron chi connectivity index (χ4n) is 0.895. The van der Waals surface area contributed by atoms with Crippen molar-refractivity contribution in [1.29, 1.82) is 0 Å². The van der Waals surface area contributed by atoms with Crippen LogP contribution < -0.4 is 0 Å². The first-order valence-corrected chi connectivity index (χ1v) is 5.51. The van der Waals surface area contributed by atoms with Gasteiger partial charge in [-0.05, 0) is 56.0 Å². The highest BCUT2D eigenvalue weighted by Gasteiger charge is 2.04. The molecule has 0 spiro atoms. The Morgan fingerprint density at radius 1 is 1.62 bits per heavy atom. The molecular formula is C9H10Br2O2. The van der Waals surface area contributed by atoms with Crippen LogP contribution in [0.15, 0.2) is 25.2 Å².